The lowest BCUT2D eigenvalue weighted by Crippen LogP contribution is -2.35. The monoisotopic (exact) mass is 339 g/mol. The zero-order valence-electron chi connectivity index (χ0n) is 14.0. The van der Waals surface area contributed by atoms with E-state index in [0.29, 0.717) is 0 Å². The molecule has 0 saturated carbocycles. The third-order valence-electron chi connectivity index (χ3n) is 5.25. The van der Waals surface area contributed by atoms with Gasteiger partial charge in [-0.3, -0.25) is 10.00 Å². The van der Waals surface area contributed by atoms with Crippen molar-refractivity contribution < 1.29 is 9.50 Å². The third-order valence-corrected chi connectivity index (χ3v) is 5.25. The van der Waals surface area contributed by atoms with Gasteiger partial charge in [0.05, 0.1) is 17.8 Å². The van der Waals surface area contributed by atoms with Crippen LogP contribution in [-0.2, 0) is 6.54 Å². The van der Waals surface area contributed by atoms with Gasteiger partial charge in [-0.25, -0.2) is 4.39 Å². The first-order valence-corrected chi connectivity index (χ1v) is 8.77. The highest BCUT2D eigenvalue weighted by molar-refractivity contribution is 5.81. The molecule has 0 amide bonds. The maximum Gasteiger partial charge on any atom is 0.123 e. The molecule has 1 aliphatic heterocycles. The highest BCUT2D eigenvalue weighted by Gasteiger charge is 2.26. The van der Waals surface area contributed by atoms with Crippen molar-refractivity contribution in [1.82, 2.24) is 15.1 Å². The van der Waals surface area contributed by atoms with Gasteiger partial charge in [0.25, 0.3) is 0 Å². The quantitative estimate of drug-likeness (QED) is 0.763. The van der Waals surface area contributed by atoms with Crippen LogP contribution in [0.5, 0.6) is 0 Å². The van der Waals surface area contributed by atoms with E-state index in [9.17, 15) is 9.50 Å². The predicted molar refractivity (Wildman–Crippen MR) is 95.5 cm³/mol. The first kappa shape index (κ1) is 16.2. The summed E-state index contributed by atoms with van der Waals surface area (Å²) in [6.07, 6.45) is 3.22. The molecular formula is C20H22FN3O. The molecule has 0 spiro atoms. The lowest BCUT2D eigenvalue weighted by molar-refractivity contribution is 0.0568. The fourth-order valence-corrected chi connectivity index (χ4v) is 3.76. The normalized spacial score (nSPS) is 17.8. The largest absolute Gasteiger partial charge is 0.388 e. The van der Waals surface area contributed by atoms with Gasteiger partial charge in [0.2, 0.25) is 0 Å². The number of fused-ring (bicyclic) bond motifs is 1. The third kappa shape index (κ3) is 3.43. The average Bonchev–Trinajstić information content (AvgIpc) is 3.12. The molecule has 0 radical (unpaired) electrons. The smallest absolute Gasteiger partial charge is 0.123 e. The number of halogens is 1. The molecule has 4 rings (SSSR count). The number of aliphatic hydroxyl groups excluding tert-OH is 1. The Bertz CT molecular complexity index is 838. The van der Waals surface area contributed by atoms with E-state index in [1.165, 1.54) is 17.7 Å². The maximum absolute atomic E-state index is 13.0. The number of H-pyrrole nitrogens is 1. The first-order valence-electron chi connectivity index (χ1n) is 8.77. The lowest BCUT2D eigenvalue weighted by atomic mass is 9.87. The zero-order chi connectivity index (χ0) is 17.2. The molecule has 2 N–H and O–H groups in total. The van der Waals surface area contributed by atoms with E-state index in [1.54, 1.807) is 12.1 Å². The SMILES string of the molecule is O[C@H](c1ccc(F)cc1)C1CCN(Cc2cccc3cn[nH]c23)CC1. The van der Waals surface area contributed by atoms with Crippen molar-refractivity contribution in [2.75, 3.05) is 13.1 Å². The predicted octanol–water partition coefficient (Wildman–Crippen LogP) is 3.65. The average molecular weight is 339 g/mol. The van der Waals surface area contributed by atoms with Crippen LogP contribution in [0.25, 0.3) is 10.9 Å². The van der Waals surface area contributed by atoms with Gasteiger partial charge in [0, 0.05) is 11.9 Å². The number of hydrogen-bond acceptors (Lipinski definition) is 3. The molecule has 130 valence electrons. The molecule has 1 atom stereocenters. The van der Waals surface area contributed by atoms with E-state index in [0.717, 1.165) is 48.9 Å². The molecule has 1 aromatic heterocycles. The molecule has 4 nitrogen and oxygen atoms in total. The number of rotatable bonds is 4. The van der Waals surface area contributed by atoms with Gasteiger partial charge in [-0.2, -0.15) is 5.10 Å². The van der Waals surface area contributed by atoms with Crippen LogP contribution in [-0.4, -0.2) is 33.3 Å². The number of aromatic amines is 1. The fraction of sp³-hybridized carbons (Fsp3) is 0.350. The van der Waals surface area contributed by atoms with Crippen LogP contribution in [0.4, 0.5) is 4.39 Å². The number of aromatic nitrogens is 2. The van der Waals surface area contributed by atoms with E-state index < -0.39 is 6.10 Å². The fourth-order valence-electron chi connectivity index (χ4n) is 3.76. The van der Waals surface area contributed by atoms with E-state index in [1.807, 2.05) is 6.20 Å². The van der Waals surface area contributed by atoms with Crippen LogP contribution in [0.2, 0.25) is 0 Å². The molecular weight excluding hydrogens is 317 g/mol. The summed E-state index contributed by atoms with van der Waals surface area (Å²) in [7, 11) is 0. The Labute approximate surface area is 146 Å². The topological polar surface area (TPSA) is 52.1 Å². The van der Waals surface area contributed by atoms with Gasteiger partial charge in [0.15, 0.2) is 0 Å². The van der Waals surface area contributed by atoms with Crippen molar-refractivity contribution in [2.24, 2.45) is 5.92 Å². The molecule has 5 heteroatoms. The van der Waals surface area contributed by atoms with Crippen molar-refractivity contribution in [1.29, 1.82) is 0 Å². The van der Waals surface area contributed by atoms with Gasteiger partial charge in [-0.05, 0) is 55.1 Å². The molecule has 0 unspecified atom stereocenters. The Balaban J connectivity index is 1.38. The number of benzene rings is 2. The molecule has 3 aromatic rings. The summed E-state index contributed by atoms with van der Waals surface area (Å²) in [5, 5.41) is 18.9. The van der Waals surface area contributed by atoms with Crippen LogP contribution >= 0.6 is 0 Å². The second-order valence-electron chi connectivity index (χ2n) is 6.86. The molecule has 1 saturated heterocycles. The van der Waals surface area contributed by atoms with Crippen molar-refractivity contribution in [3.8, 4) is 0 Å². The van der Waals surface area contributed by atoms with Crippen molar-refractivity contribution >= 4 is 10.9 Å². The van der Waals surface area contributed by atoms with Gasteiger partial charge < -0.3 is 5.11 Å². The number of nitrogens with one attached hydrogen (secondary N) is 1. The Morgan fingerprint density at radius 1 is 1.16 bits per heavy atom. The van der Waals surface area contributed by atoms with E-state index >= 15 is 0 Å². The highest BCUT2D eigenvalue weighted by atomic mass is 19.1. The van der Waals surface area contributed by atoms with E-state index in [2.05, 4.69) is 33.3 Å². The summed E-state index contributed by atoms with van der Waals surface area (Å²) in [4.78, 5) is 2.42. The number of piperidine rings is 1. The molecule has 0 bridgehead atoms. The maximum atomic E-state index is 13.0. The van der Waals surface area contributed by atoms with Gasteiger partial charge >= 0.3 is 0 Å². The minimum absolute atomic E-state index is 0.227. The summed E-state index contributed by atoms with van der Waals surface area (Å²) in [6.45, 7) is 2.79. The minimum atomic E-state index is -0.515. The molecule has 1 aliphatic rings. The Morgan fingerprint density at radius 2 is 1.92 bits per heavy atom. The van der Waals surface area contributed by atoms with Crippen LogP contribution in [0, 0.1) is 11.7 Å². The Kier molecular flexibility index (Phi) is 4.51. The Morgan fingerprint density at radius 3 is 2.68 bits per heavy atom. The van der Waals surface area contributed by atoms with E-state index in [-0.39, 0.29) is 11.7 Å². The second kappa shape index (κ2) is 6.94. The molecule has 1 fully saturated rings. The second-order valence-corrected chi connectivity index (χ2v) is 6.86. The van der Waals surface area contributed by atoms with Gasteiger partial charge in [0.1, 0.15) is 5.82 Å². The summed E-state index contributed by atoms with van der Waals surface area (Å²) in [6, 6.07) is 12.5. The van der Waals surface area contributed by atoms with E-state index in [4.69, 9.17) is 0 Å². The number of likely N-dealkylation sites (tertiary alicyclic amines) is 1. The number of aliphatic hydroxyl groups is 1. The molecule has 2 aromatic carbocycles. The summed E-state index contributed by atoms with van der Waals surface area (Å²) < 4.78 is 13.0. The number of nitrogens with zero attached hydrogens (tertiary/aromatic N) is 2. The summed E-state index contributed by atoms with van der Waals surface area (Å²) >= 11 is 0. The lowest BCUT2D eigenvalue weighted by Gasteiger charge is -2.34. The highest BCUT2D eigenvalue weighted by Crippen LogP contribution is 2.31. The number of para-hydroxylation sites is 1. The van der Waals surface area contributed by atoms with Gasteiger partial charge in [-0.15, -0.1) is 0 Å². The van der Waals surface area contributed by atoms with Crippen LogP contribution in [0.1, 0.15) is 30.1 Å². The first-order chi connectivity index (χ1) is 12.2. The zero-order valence-corrected chi connectivity index (χ0v) is 14.0. The van der Waals surface area contributed by atoms with Gasteiger partial charge in [-0.1, -0.05) is 30.3 Å². The van der Waals surface area contributed by atoms with Crippen LogP contribution < -0.4 is 0 Å². The number of hydrogen-bond donors (Lipinski definition) is 2. The standard InChI is InChI=1S/C20H22FN3O/c21-18-6-4-14(5-7-18)20(25)15-8-10-24(11-9-15)13-17-3-1-2-16-12-22-23-19(16)17/h1-7,12,15,20,25H,8-11,13H2,(H,22,23)/t20-/m1/s1. The minimum Gasteiger partial charge on any atom is -0.388 e. The Hall–Kier alpha value is -2.24. The van der Waals surface area contributed by atoms with Crippen molar-refractivity contribution in [3.05, 3.63) is 65.6 Å². The molecule has 25 heavy (non-hydrogen) atoms. The van der Waals surface area contributed by atoms with Crippen molar-refractivity contribution in [3.63, 3.8) is 0 Å². The molecule has 2 heterocycles. The summed E-state index contributed by atoms with van der Waals surface area (Å²) in [5.74, 6) is -0.0385. The molecule has 0 aliphatic carbocycles. The van der Waals surface area contributed by atoms with Crippen LogP contribution in [0.3, 0.4) is 0 Å². The van der Waals surface area contributed by atoms with Crippen LogP contribution in [0.15, 0.2) is 48.7 Å². The summed E-state index contributed by atoms with van der Waals surface area (Å²) in [5.41, 5.74) is 3.17. The van der Waals surface area contributed by atoms with Crippen molar-refractivity contribution in [2.45, 2.75) is 25.5 Å².